The smallest absolute Gasteiger partial charge is 0.164 e. The molecule has 0 amide bonds. The second-order valence-electron chi connectivity index (χ2n) is 10.9. The molecule has 4 nitrogen and oxygen atoms in total. The van der Waals surface area contributed by atoms with Crippen LogP contribution in [0, 0.1) is 0 Å². The third-order valence-corrected chi connectivity index (χ3v) is 8.20. The SMILES string of the molecule is [2H]c1c([2H])c([2H])c(-c2nc(-c3ccc(-c4cccc5ccccc45)cc3)nc(-c3ccc4c(c3)oc3cc5ccccc5cc34)n2)c([2H])c1[2H]. The fourth-order valence-electron chi connectivity index (χ4n) is 5.98. The monoisotopic (exact) mass is 580 g/mol. The van der Waals surface area contributed by atoms with Crippen LogP contribution in [0.3, 0.4) is 0 Å². The first-order chi connectivity index (χ1) is 24.3. The van der Waals surface area contributed by atoms with Gasteiger partial charge in [-0.15, -0.1) is 0 Å². The summed E-state index contributed by atoms with van der Waals surface area (Å²) in [6.07, 6.45) is 0. The summed E-state index contributed by atoms with van der Waals surface area (Å²) in [5, 5.41) is 6.42. The molecule has 0 atom stereocenters. The van der Waals surface area contributed by atoms with Gasteiger partial charge in [0.05, 0.1) is 6.85 Å². The minimum Gasteiger partial charge on any atom is -0.456 e. The van der Waals surface area contributed by atoms with Crippen LogP contribution >= 0.6 is 0 Å². The molecular weight excluding hydrogens is 550 g/mol. The molecule has 0 aliphatic carbocycles. The van der Waals surface area contributed by atoms with Crippen LogP contribution in [0.2, 0.25) is 0 Å². The number of benzene rings is 7. The average Bonchev–Trinajstić information content (AvgIpc) is 3.51. The highest BCUT2D eigenvalue weighted by Crippen LogP contribution is 2.35. The molecule has 45 heavy (non-hydrogen) atoms. The molecule has 2 aromatic heterocycles. The Kier molecular flexibility index (Phi) is 4.72. The van der Waals surface area contributed by atoms with Crippen LogP contribution in [-0.4, -0.2) is 15.0 Å². The number of fused-ring (bicyclic) bond motifs is 5. The molecule has 9 aromatic rings. The van der Waals surface area contributed by atoms with Gasteiger partial charge in [0, 0.05) is 27.5 Å². The van der Waals surface area contributed by atoms with Crippen LogP contribution in [0.5, 0.6) is 0 Å². The summed E-state index contributed by atoms with van der Waals surface area (Å²) < 4.78 is 48.3. The molecule has 0 N–H and O–H groups in total. The number of hydrogen-bond donors (Lipinski definition) is 0. The van der Waals surface area contributed by atoms with E-state index in [0.29, 0.717) is 22.5 Å². The van der Waals surface area contributed by atoms with Crippen LogP contribution in [0.4, 0.5) is 0 Å². The predicted molar refractivity (Wildman–Crippen MR) is 184 cm³/mol. The summed E-state index contributed by atoms with van der Waals surface area (Å²) in [5.41, 5.74) is 4.75. The molecular formula is C41H25N3O. The number of nitrogens with zero attached hydrogens (tertiary/aromatic N) is 3. The molecule has 0 aliphatic rings. The van der Waals surface area contributed by atoms with Gasteiger partial charge in [-0.25, -0.2) is 15.0 Å². The number of furan rings is 1. The number of hydrogen-bond acceptors (Lipinski definition) is 4. The molecule has 0 unspecified atom stereocenters. The van der Waals surface area contributed by atoms with Crippen molar-refractivity contribution in [2.24, 2.45) is 0 Å². The van der Waals surface area contributed by atoms with Crippen LogP contribution in [0.15, 0.2) is 156 Å². The van der Waals surface area contributed by atoms with Crippen molar-refractivity contribution in [3.05, 3.63) is 152 Å². The third-order valence-electron chi connectivity index (χ3n) is 8.20. The number of aromatic nitrogens is 3. The zero-order chi connectivity index (χ0) is 34.1. The molecule has 0 fully saturated rings. The summed E-state index contributed by atoms with van der Waals surface area (Å²) >= 11 is 0. The molecule has 7 aromatic carbocycles. The van der Waals surface area contributed by atoms with E-state index < -0.39 is 18.1 Å². The summed E-state index contributed by atoms with van der Waals surface area (Å²) in [6, 6.07) is 38.2. The second kappa shape index (κ2) is 10.2. The van der Waals surface area contributed by atoms with E-state index in [9.17, 15) is 0 Å². The van der Waals surface area contributed by atoms with Crippen molar-refractivity contribution in [3.8, 4) is 45.3 Å². The minimum atomic E-state index is -0.481. The Morgan fingerprint density at radius 1 is 0.422 bits per heavy atom. The molecule has 0 spiro atoms. The Hall–Kier alpha value is -6.13. The van der Waals surface area contributed by atoms with Gasteiger partial charge in [0.25, 0.3) is 0 Å². The van der Waals surface area contributed by atoms with Crippen molar-refractivity contribution in [2.75, 3.05) is 0 Å². The highest BCUT2D eigenvalue weighted by molar-refractivity contribution is 6.10. The first-order valence-corrected chi connectivity index (χ1v) is 14.6. The Morgan fingerprint density at radius 2 is 1.02 bits per heavy atom. The van der Waals surface area contributed by atoms with E-state index in [1.54, 1.807) is 0 Å². The van der Waals surface area contributed by atoms with Gasteiger partial charge in [0.1, 0.15) is 11.2 Å². The van der Waals surface area contributed by atoms with Crippen molar-refractivity contribution in [1.82, 2.24) is 15.0 Å². The van der Waals surface area contributed by atoms with Gasteiger partial charge in [0.2, 0.25) is 0 Å². The zero-order valence-electron chi connectivity index (χ0n) is 28.8. The fraction of sp³-hybridized carbons (Fsp3) is 0. The molecule has 0 radical (unpaired) electrons. The van der Waals surface area contributed by atoms with E-state index in [-0.39, 0.29) is 29.3 Å². The van der Waals surface area contributed by atoms with E-state index in [0.717, 1.165) is 49.0 Å². The van der Waals surface area contributed by atoms with Crippen molar-refractivity contribution >= 4 is 43.5 Å². The molecule has 0 saturated carbocycles. The average molecular weight is 581 g/mol. The van der Waals surface area contributed by atoms with Crippen LogP contribution in [-0.2, 0) is 0 Å². The third kappa shape index (κ3) is 4.43. The lowest BCUT2D eigenvalue weighted by molar-refractivity contribution is 0.669. The molecule has 0 aliphatic heterocycles. The quantitative estimate of drug-likeness (QED) is 0.208. The summed E-state index contributed by atoms with van der Waals surface area (Å²) in [7, 11) is 0. The topological polar surface area (TPSA) is 51.8 Å². The van der Waals surface area contributed by atoms with Gasteiger partial charge >= 0.3 is 0 Å². The molecule has 0 saturated heterocycles. The van der Waals surface area contributed by atoms with E-state index >= 15 is 0 Å². The van der Waals surface area contributed by atoms with Gasteiger partial charge in [0.15, 0.2) is 17.5 Å². The maximum Gasteiger partial charge on any atom is 0.164 e. The fourth-order valence-corrected chi connectivity index (χ4v) is 5.98. The van der Waals surface area contributed by atoms with Gasteiger partial charge in [-0.3, -0.25) is 0 Å². The van der Waals surface area contributed by atoms with Crippen LogP contribution < -0.4 is 0 Å². The summed E-state index contributed by atoms with van der Waals surface area (Å²) in [4.78, 5) is 14.3. The van der Waals surface area contributed by atoms with E-state index in [1.165, 1.54) is 0 Å². The molecule has 2 heterocycles. The lowest BCUT2D eigenvalue weighted by Crippen LogP contribution is -2.00. The van der Waals surface area contributed by atoms with Gasteiger partial charge in [-0.05, 0) is 56.9 Å². The van der Waals surface area contributed by atoms with Crippen molar-refractivity contribution in [3.63, 3.8) is 0 Å². The summed E-state index contributed by atoms with van der Waals surface area (Å²) in [6.45, 7) is 0. The maximum absolute atomic E-state index is 8.66. The maximum atomic E-state index is 8.66. The van der Waals surface area contributed by atoms with E-state index in [1.807, 2.05) is 78.9 Å². The highest BCUT2D eigenvalue weighted by Gasteiger charge is 2.15. The Labute approximate surface area is 266 Å². The van der Waals surface area contributed by atoms with Crippen molar-refractivity contribution in [1.29, 1.82) is 0 Å². The zero-order valence-corrected chi connectivity index (χ0v) is 23.8. The molecule has 4 heteroatoms. The van der Waals surface area contributed by atoms with E-state index in [4.69, 9.17) is 26.2 Å². The van der Waals surface area contributed by atoms with Crippen molar-refractivity contribution < 1.29 is 11.3 Å². The lowest BCUT2D eigenvalue weighted by atomic mass is 9.97. The first-order valence-electron chi connectivity index (χ1n) is 17.1. The van der Waals surface area contributed by atoms with Gasteiger partial charge < -0.3 is 4.42 Å². The minimum absolute atomic E-state index is 0.0175. The molecule has 210 valence electrons. The predicted octanol–water partition coefficient (Wildman–Crippen LogP) is 10.7. The van der Waals surface area contributed by atoms with Crippen molar-refractivity contribution in [2.45, 2.75) is 0 Å². The van der Waals surface area contributed by atoms with Gasteiger partial charge in [-0.1, -0.05) is 127 Å². The highest BCUT2D eigenvalue weighted by atomic mass is 16.3. The molecule has 9 rings (SSSR count). The second-order valence-corrected chi connectivity index (χ2v) is 10.9. The lowest BCUT2D eigenvalue weighted by Gasteiger charge is -2.10. The van der Waals surface area contributed by atoms with Gasteiger partial charge in [-0.2, -0.15) is 0 Å². The largest absolute Gasteiger partial charge is 0.456 e. The Morgan fingerprint density at radius 3 is 1.82 bits per heavy atom. The standard InChI is InChI=1S/C41H25N3O/c1-2-10-28(11-3-1)39-42-40(29-19-17-27(18-20-29)34-16-8-14-26-9-6-7-15-33(26)34)44-41(43-39)32-21-22-35-36-23-30-12-4-5-13-31(30)24-38(36)45-37(35)25-32/h1-25H/i1D,2D,3D,10D,11D. The van der Waals surface area contributed by atoms with Crippen LogP contribution in [0.1, 0.15) is 6.85 Å². The Balaban J connectivity index is 1.22. The van der Waals surface area contributed by atoms with E-state index in [2.05, 4.69) is 42.5 Å². The Bertz CT molecular complexity index is 2800. The number of rotatable bonds is 4. The molecule has 0 bridgehead atoms. The summed E-state index contributed by atoms with van der Waals surface area (Å²) in [5.74, 6) is 0.566. The normalized spacial score (nSPS) is 13.1. The van der Waals surface area contributed by atoms with Crippen LogP contribution in [0.25, 0.3) is 88.8 Å². The first kappa shape index (κ1) is 20.7.